The van der Waals surface area contributed by atoms with Gasteiger partial charge in [0.05, 0.1) is 25.6 Å². The van der Waals surface area contributed by atoms with Crippen molar-refractivity contribution in [3.63, 3.8) is 0 Å². The molecule has 1 N–H and O–H groups in total. The Morgan fingerprint density at radius 3 is 2.51 bits per heavy atom. The molecule has 2 unspecified atom stereocenters. The van der Waals surface area contributed by atoms with Crippen molar-refractivity contribution < 1.29 is 28.9 Å². The topological polar surface area (TPSA) is 85.3 Å². The normalized spacial score (nSPS) is 17.2. The van der Waals surface area contributed by atoms with Gasteiger partial charge in [-0.2, -0.15) is 0 Å². The van der Waals surface area contributed by atoms with E-state index in [4.69, 9.17) is 14.2 Å². The van der Waals surface area contributed by atoms with Gasteiger partial charge >= 0.3 is 12.1 Å². The number of benzene rings is 3. The number of halogens is 1. The maximum absolute atomic E-state index is 12.8. The Balaban J connectivity index is 1.62. The highest BCUT2D eigenvalue weighted by atomic mass is 79.9. The Morgan fingerprint density at radius 2 is 1.80 bits per heavy atom. The average Bonchev–Trinajstić information content (AvgIpc) is 3.11. The van der Waals surface area contributed by atoms with Gasteiger partial charge in [0.1, 0.15) is 11.9 Å². The van der Waals surface area contributed by atoms with Gasteiger partial charge in [0, 0.05) is 10.0 Å². The summed E-state index contributed by atoms with van der Waals surface area (Å²) >= 11 is 3.51. The molecule has 0 bridgehead atoms. The zero-order valence-electron chi connectivity index (χ0n) is 19.4. The first-order valence-electron chi connectivity index (χ1n) is 11.3. The number of carboxylic acids is 1. The Bertz CT molecular complexity index is 1220. The summed E-state index contributed by atoms with van der Waals surface area (Å²) in [5.41, 5.74) is 2.30. The van der Waals surface area contributed by atoms with Crippen LogP contribution in [0, 0.1) is 0 Å². The summed E-state index contributed by atoms with van der Waals surface area (Å²) in [6.45, 7) is 4.53. The second kappa shape index (κ2) is 10.8. The fourth-order valence-corrected chi connectivity index (χ4v) is 4.48. The SMILES string of the molecule is CCOc1ccc(CC(=O)O)cc1Oc1ccc(Br)cc1CN1C(=O)OC(c2ccccc2)C1C. The van der Waals surface area contributed by atoms with E-state index in [0.29, 0.717) is 29.4 Å². The van der Waals surface area contributed by atoms with E-state index in [1.165, 1.54) is 0 Å². The summed E-state index contributed by atoms with van der Waals surface area (Å²) < 4.78 is 18.5. The van der Waals surface area contributed by atoms with E-state index in [-0.39, 0.29) is 25.1 Å². The summed E-state index contributed by atoms with van der Waals surface area (Å²) in [7, 11) is 0. The van der Waals surface area contributed by atoms with Gasteiger partial charge in [0.2, 0.25) is 0 Å². The van der Waals surface area contributed by atoms with Crippen LogP contribution in [-0.2, 0) is 22.5 Å². The molecule has 0 saturated carbocycles. The van der Waals surface area contributed by atoms with Gasteiger partial charge in [-0.05, 0) is 55.3 Å². The number of hydrogen-bond donors (Lipinski definition) is 1. The van der Waals surface area contributed by atoms with Crippen molar-refractivity contribution in [3.8, 4) is 17.2 Å². The third-order valence-electron chi connectivity index (χ3n) is 5.77. The first-order valence-corrected chi connectivity index (χ1v) is 12.1. The zero-order valence-corrected chi connectivity index (χ0v) is 21.0. The van der Waals surface area contributed by atoms with Crippen LogP contribution in [0.4, 0.5) is 4.79 Å². The Kier molecular flexibility index (Phi) is 7.60. The smallest absolute Gasteiger partial charge is 0.411 e. The van der Waals surface area contributed by atoms with Gasteiger partial charge in [-0.25, -0.2) is 4.79 Å². The summed E-state index contributed by atoms with van der Waals surface area (Å²) in [4.78, 5) is 25.7. The molecule has 0 aromatic heterocycles. The number of nitrogens with zero attached hydrogens (tertiary/aromatic N) is 1. The number of carbonyl (C=O) groups is 2. The van der Waals surface area contributed by atoms with Crippen molar-refractivity contribution in [2.45, 2.75) is 39.0 Å². The molecule has 182 valence electrons. The van der Waals surface area contributed by atoms with Gasteiger partial charge in [0.25, 0.3) is 0 Å². The predicted molar refractivity (Wildman–Crippen MR) is 134 cm³/mol. The van der Waals surface area contributed by atoms with E-state index in [9.17, 15) is 14.7 Å². The summed E-state index contributed by atoms with van der Waals surface area (Å²) in [5.74, 6) is 0.519. The lowest BCUT2D eigenvalue weighted by Gasteiger charge is -2.23. The third-order valence-corrected chi connectivity index (χ3v) is 6.26. The molecule has 1 saturated heterocycles. The lowest BCUT2D eigenvalue weighted by Crippen LogP contribution is -2.31. The first kappa shape index (κ1) is 24.6. The van der Waals surface area contributed by atoms with Crippen LogP contribution in [0.2, 0.25) is 0 Å². The molecular formula is C27H26BrNO6. The standard InChI is InChI=1S/C27H26BrNO6/c1-3-33-23-11-9-18(14-25(30)31)13-24(23)34-22-12-10-21(28)15-20(22)16-29-17(2)26(35-27(29)32)19-7-5-4-6-8-19/h4-13,15,17,26H,3,14,16H2,1-2H3,(H,30,31). The van der Waals surface area contributed by atoms with Crippen LogP contribution in [0.1, 0.15) is 36.6 Å². The maximum Gasteiger partial charge on any atom is 0.411 e. The van der Waals surface area contributed by atoms with Crippen LogP contribution in [-0.4, -0.2) is 34.7 Å². The van der Waals surface area contributed by atoms with Crippen molar-refractivity contribution >= 4 is 28.0 Å². The molecule has 7 nitrogen and oxygen atoms in total. The number of carboxylic acid groups (broad SMARTS) is 1. The summed E-state index contributed by atoms with van der Waals surface area (Å²) in [5, 5.41) is 9.18. The lowest BCUT2D eigenvalue weighted by molar-refractivity contribution is -0.136. The number of cyclic esters (lactones) is 1. The van der Waals surface area contributed by atoms with Crippen LogP contribution >= 0.6 is 15.9 Å². The number of amides is 1. The second-order valence-corrected chi connectivity index (χ2v) is 9.14. The highest BCUT2D eigenvalue weighted by Gasteiger charge is 2.39. The molecule has 1 heterocycles. The van der Waals surface area contributed by atoms with Crippen molar-refractivity contribution in [1.82, 2.24) is 4.90 Å². The quantitative estimate of drug-likeness (QED) is 0.341. The molecular weight excluding hydrogens is 514 g/mol. The maximum atomic E-state index is 12.8. The number of hydrogen-bond acceptors (Lipinski definition) is 5. The molecule has 8 heteroatoms. The molecule has 2 atom stereocenters. The van der Waals surface area contributed by atoms with E-state index in [0.717, 1.165) is 15.6 Å². The van der Waals surface area contributed by atoms with E-state index in [1.54, 1.807) is 29.2 Å². The van der Waals surface area contributed by atoms with Gasteiger partial charge in [-0.1, -0.05) is 52.3 Å². The molecule has 1 amide bonds. The van der Waals surface area contributed by atoms with Crippen LogP contribution < -0.4 is 9.47 Å². The van der Waals surface area contributed by atoms with Crippen LogP contribution in [0.3, 0.4) is 0 Å². The van der Waals surface area contributed by atoms with Gasteiger partial charge in [-0.3, -0.25) is 9.69 Å². The van der Waals surface area contributed by atoms with Gasteiger partial charge < -0.3 is 19.3 Å². The summed E-state index contributed by atoms with van der Waals surface area (Å²) in [6.07, 6.45) is -0.887. The molecule has 0 spiro atoms. The number of carbonyl (C=O) groups excluding carboxylic acids is 1. The van der Waals surface area contributed by atoms with Crippen molar-refractivity contribution in [3.05, 3.63) is 87.9 Å². The molecule has 4 rings (SSSR count). The van der Waals surface area contributed by atoms with Crippen molar-refractivity contribution in [1.29, 1.82) is 0 Å². The minimum absolute atomic E-state index is 0.131. The molecule has 1 aliphatic heterocycles. The fraction of sp³-hybridized carbons (Fsp3) is 0.259. The second-order valence-electron chi connectivity index (χ2n) is 8.22. The number of ether oxygens (including phenoxy) is 3. The average molecular weight is 540 g/mol. The zero-order chi connectivity index (χ0) is 24.9. The summed E-state index contributed by atoms with van der Waals surface area (Å²) in [6, 6.07) is 20.1. The number of aliphatic carboxylic acids is 1. The Labute approximate surface area is 212 Å². The predicted octanol–water partition coefficient (Wildman–Crippen LogP) is 6.35. The van der Waals surface area contributed by atoms with E-state index in [1.807, 2.05) is 56.3 Å². The minimum atomic E-state index is -0.932. The largest absolute Gasteiger partial charge is 0.490 e. The van der Waals surface area contributed by atoms with E-state index in [2.05, 4.69) is 15.9 Å². The molecule has 3 aromatic rings. The Morgan fingerprint density at radius 1 is 1.06 bits per heavy atom. The molecule has 35 heavy (non-hydrogen) atoms. The van der Waals surface area contributed by atoms with E-state index >= 15 is 0 Å². The van der Waals surface area contributed by atoms with Crippen molar-refractivity contribution in [2.24, 2.45) is 0 Å². The molecule has 0 aliphatic carbocycles. The number of rotatable bonds is 9. The van der Waals surface area contributed by atoms with Crippen LogP contribution in [0.25, 0.3) is 0 Å². The van der Waals surface area contributed by atoms with Crippen LogP contribution in [0.5, 0.6) is 17.2 Å². The van der Waals surface area contributed by atoms with E-state index < -0.39 is 12.1 Å². The molecule has 1 fully saturated rings. The molecule has 1 aliphatic rings. The molecule has 3 aromatic carbocycles. The highest BCUT2D eigenvalue weighted by Crippen LogP contribution is 2.38. The first-order chi connectivity index (χ1) is 16.9. The molecule has 0 radical (unpaired) electrons. The van der Waals surface area contributed by atoms with Gasteiger partial charge in [0.15, 0.2) is 11.5 Å². The Hall–Kier alpha value is -3.52. The fourth-order valence-electron chi connectivity index (χ4n) is 4.07. The van der Waals surface area contributed by atoms with Gasteiger partial charge in [-0.15, -0.1) is 0 Å². The minimum Gasteiger partial charge on any atom is -0.490 e. The third kappa shape index (κ3) is 5.77. The van der Waals surface area contributed by atoms with Crippen molar-refractivity contribution in [2.75, 3.05) is 6.61 Å². The lowest BCUT2D eigenvalue weighted by atomic mass is 10.0. The monoisotopic (exact) mass is 539 g/mol. The van der Waals surface area contributed by atoms with Crippen LogP contribution in [0.15, 0.2) is 71.2 Å². The highest BCUT2D eigenvalue weighted by molar-refractivity contribution is 9.10.